The molecule has 27 heavy (non-hydrogen) atoms. The van der Waals surface area contributed by atoms with Crippen LogP contribution in [0.4, 0.5) is 5.69 Å². The fraction of sp³-hybridized carbons (Fsp3) is 0.150. The summed E-state index contributed by atoms with van der Waals surface area (Å²) in [6, 6.07) is 14.4. The highest BCUT2D eigenvalue weighted by atomic mass is 35.5. The summed E-state index contributed by atoms with van der Waals surface area (Å²) in [5.74, 6) is -0.917. The van der Waals surface area contributed by atoms with E-state index < -0.39 is 5.97 Å². The van der Waals surface area contributed by atoms with Crippen molar-refractivity contribution in [2.24, 2.45) is 5.73 Å². The first-order chi connectivity index (χ1) is 12.5. The zero-order chi connectivity index (χ0) is 18.7. The van der Waals surface area contributed by atoms with Crippen molar-refractivity contribution in [3.8, 4) is 0 Å². The predicted molar refractivity (Wildman–Crippen MR) is 107 cm³/mol. The van der Waals surface area contributed by atoms with Crippen molar-refractivity contribution >= 4 is 41.4 Å². The molecule has 4 N–H and O–H groups in total. The molecule has 0 bridgehead atoms. The highest BCUT2D eigenvalue weighted by molar-refractivity contribution is 6.28. The largest absolute Gasteiger partial charge is 0.481 e. The topological polar surface area (TPSA) is 107 Å². The molecule has 6 nitrogen and oxygen atoms in total. The zero-order valence-corrected chi connectivity index (χ0v) is 15.3. The van der Waals surface area contributed by atoms with Crippen LogP contribution >= 0.6 is 12.4 Å². The molecule has 0 unspecified atom stereocenters. The van der Waals surface area contributed by atoms with Crippen LogP contribution in [0, 0.1) is 5.41 Å². The number of hydrogen-bond acceptors (Lipinski definition) is 3. The number of benzene rings is 2. The second-order valence-electron chi connectivity index (χ2n) is 6.08. The van der Waals surface area contributed by atoms with E-state index in [1.807, 2.05) is 30.3 Å². The molecule has 1 amide bonds. The van der Waals surface area contributed by atoms with E-state index >= 15 is 0 Å². The van der Waals surface area contributed by atoms with E-state index in [1.54, 1.807) is 29.2 Å². The molecular weight excluding hydrogens is 366 g/mol. The Morgan fingerprint density at radius 1 is 1.11 bits per heavy atom. The monoisotopic (exact) mass is 385 g/mol. The van der Waals surface area contributed by atoms with Gasteiger partial charge in [-0.15, -0.1) is 12.4 Å². The quantitative estimate of drug-likeness (QED) is 0.524. The lowest BCUT2D eigenvalue weighted by Gasteiger charge is -2.17. The van der Waals surface area contributed by atoms with Crippen LogP contribution in [-0.2, 0) is 16.0 Å². The highest BCUT2D eigenvalue weighted by Crippen LogP contribution is 2.27. The van der Waals surface area contributed by atoms with Gasteiger partial charge < -0.3 is 15.7 Å². The number of carbonyl (C=O) groups is 2. The molecule has 3 rings (SSSR count). The van der Waals surface area contributed by atoms with Gasteiger partial charge in [-0.3, -0.25) is 15.0 Å². The number of nitrogens with zero attached hydrogens (tertiary/aromatic N) is 1. The number of nitrogens with one attached hydrogen (secondary N) is 1. The van der Waals surface area contributed by atoms with E-state index in [0.29, 0.717) is 24.1 Å². The Kier molecular flexibility index (Phi) is 6.36. The maximum Gasteiger partial charge on any atom is 0.303 e. The number of carboxylic acid groups (broad SMARTS) is 1. The van der Waals surface area contributed by atoms with Gasteiger partial charge in [0.15, 0.2) is 0 Å². The van der Waals surface area contributed by atoms with E-state index in [4.69, 9.17) is 16.2 Å². The summed E-state index contributed by atoms with van der Waals surface area (Å²) >= 11 is 0. The minimum atomic E-state index is -0.825. The van der Waals surface area contributed by atoms with Crippen LogP contribution in [0.15, 0.2) is 54.6 Å². The Bertz CT molecular complexity index is 890. The number of carboxylic acids is 1. The molecule has 7 heteroatoms. The third kappa shape index (κ3) is 4.54. The number of aryl methyl sites for hydroxylation is 1. The number of carbonyl (C=O) groups excluding carboxylic acids is 1. The molecule has 2 aromatic rings. The van der Waals surface area contributed by atoms with Crippen molar-refractivity contribution in [1.29, 1.82) is 5.41 Å². The van der Waals surface area contributed by atoms with Crippen molar-refractivity contribution in [2.75, 3.05) is 11.4 Å². The van der Waals surface area contributed by atoms with E-state index in [-0.39, 0.29) is 30.6 Å². The molecule has 0 saturated carbocycles. The van der Waals surface area contributed by atoms with Gasteiger partial charge >= 0.3 is 5.97 Å². The standard InChI is InChI=1S/C20H19N3O3.ClH/c21-19(22)15-6-8-16(9-7-15)23-12-11-17(20(23)26)14-4-1-13(2-5-14)3-10-18(24)25;/h1-2,4-9,11H,3,10,12H2,(H3,21,22)(H,24,25);1H. The Morgan fingerprint density at radius 3 is 2.30 bits per heavy atom. The number of anilines is 1. The van der Waals surface area contributed by atoms with Crippen molar-refractivity contribution in [3.05, 3.63) is 71.3 Å². The Morgan fingerprint density at radius 2 is 1.74 bits per heavy atom. The molecule has 140 valence electrons. The summed E-state index contributed by atoms with van der Waals surface area (Å²) < 4.78 is 0. The van der Waals surface area contributed by atoms with Gasteiger partial charge in [0, 0.05) is 29.8 Å². The van der Waals surface area contributed by atoms with Crippen LogP contribution < -0.4 is 10.6 Å². The molecule has 0 spiro atoms. The normalized spacial score (nSPS) is 13.1. The molecule has 1 heterocycles. The summed E-state index contributed by atoms with van der Waals surface area (Å²) in [6.45, 7) is 0.481. The summed E-state index contributed by atoms with van der Waals surface area (Å²) in [5.41, 5.74) is 9.20. The molecule has 0 saturated heterocycles. The van der Waals surface area contributed by atoms with Crippen LogP contribution in [0.25, 0.3) is 5.57 Å². The lowest BCUT2D eigenvalue weighted by atomic mass is 10.0. The molecular formula is C20H20ClN3O3. The fourth-order valence-electron chi connectivity index (χ4n) is 2.89. The SMILES string of the molecule is Cl.N=C(N)c1ccc(N2CC=C(c3ccc(CCC(=O)O)cc3)C2=O)cc1. The third-order valence-electron chi connectivity index (χ3n) is 4.34. The van der Waals surface area contributed by atoms with E-state index in [1.165, 1.54) is 0 Å². The fourth-order valence-corrected chi connectivity index (χ4v) is 2.89. The molecule has 0 radical (unpaired) electrons. The Hall–Kier alpha value is -3.12. The zero-order valence-electron chi connectivity index (χ0n) is 14.5. The number of rotatable bonds is 6. The maximum atomic E-state index is 12.7. The van der Waals surface area contributed by atoms with E-state index in [0.717, 1.165) is 16.8 Å². The predicted octanol–water partition coefficient (Wildman–Crippen LogP) is 2.84. The first kappa shape index (κ1) is 20.2. The molecule has 1 aliphatic rings. The van der Waals surface area contributed by atoms with Crippen molar-refractivity contribution in [3.63, 3.8) is 0 Å². The van der Waals surface area contributed by atoms with Gasteiger partial charge in [0.25, 0.3) is 5.91 Å². The molecule has 2 aromatic carbocycles. The number of hydrogen-bond donors (Lipinski definition) is 3. The van der Waals surface area contributed by atoms with Gasteiger partial charge in [0.05, 0.1) is 0 Å². The first-order valence-corrected chi connectivity index (χ1v) is 8.23. The molecule has 0 aromatic heterocycles. The lowest BCUT2D eigenvalue weighted by molar-refractivity contribution is -0.137. The minimum Gasteiger partial charge on any atom is -0.481 e. The Labute approximate surface area is 163 Å². The molecule has 0 atom stereocenters. The van der Waals surface area contributed by atoms with Crippen LogP contribution in [-0.4, -0.2) is 29.4 Å². The Balaban J connectivity index is 0.00000261. The molecule has 0 fully saturated rings. The molecule has 0 aliphatic carbocycles. The van der Waals surface area contributed by atoms with Crippen molar-refractivity contribution in [2.45, 2.75) is 12.8 Å². The van der Waals surface area contributed by atoms with Crippen molar-refractivity contribution < 1.29 is 14.7 Å². The first-order valence-electron chi connectivity index (χ1n) is 8.23. The summed E-state index contributed by atoms with van der Waals surface area (Å²) in [4.78, 5) is 25.0. The summed E-state index contributed by atoms with van der Waals surface area (Å²) in [5, 5.41) is 16.2. The lowest BCUT2D eigenvalue weighted by Crippen LogP contribution is -2.26. The van der Waals surface area contributed by atoms with Gasteiger partial charge in [-0.05, 0) is 41.8 Å². The number of aliphatic carboxylic acids is 1. The second kappa shape index (κ2) is 8.51. The van der Waals surface area contributed by atoms with Gasteiger partial charge in [0.2, 0.25) is 0 Å². The summed E-state index contributed by atoms with van der Waals surface area (Å²) in [7, 11) is 0. The van der Waals surface area contributed by atoms with Gasteiger partial charge in [0.1, 0.15) is 5.84 Å². The van der Waals surface area contributed by atoms with Crippen LogP contribution in [0.5, 0.6) is 0 Å². The maximum absolute atomic E-state index is 12.7. The van der Waals surface area contributed by atoms with E-state index in [2.05, 4.69) is 0 Å². The minimum absolute atomic E-state index is 0. The highest BCUT2D eigenvalue weighted by Gasteiger charge is 2.26. The smallest absolute Gasteiger partial charge is 0.303 e. The number of nitrogen functional groups attached to an aromatic ring is 1. The van der Waals surface area contributed by atoms with Crippen molar-refractivity contribution in [1.82, 2.24) is 0 Å². The number of amidine groups is 1. The second-order valence-corrected chi connectivity index (χ2v) is 6.08. The number of nitrogens with two attached hydrogens (primary N) is 1. The van der Waals surface area contributed by atoms with Crippen LogP contribution in [0.3, 0.4) is 0 Å². The summed E-state index contributed by atoms with van der Waals surface area (Å²) in [6.07, 6.45) is 2.44. The van der Waals surface area contributed by atoms with E-state index in [9.17, 15) is 9.59 Å². The average Bonchev–Trinajstić information content (AvgIpc) is 3.02. The van der Waals surface area contributed by atoms with Crippen LogP contribution in [0.1, 0.15) is 23.1 Å². The van der Waals surface area contributed by atoms with Gasteiger partial charge in [-0.1, -0.05) is 30.3 Å². The molecule has 1 aliphatic heterocycles. The third-order valence-corrected chi connectivity index (χ3v) is 4.34. The van der Waals surface area contributed by atoms with Crippen LogP contribution in [0.2, 0.25) is 0 Å². The number of halogens is 1. The van der Waals surface area contributed by atoms with Gasteiger partial charge in [-0.25, -0.2) is 0 Å². The average molecular weight is 386 g/mol. The number of amides is 1. The van der Waals surface area contributed by atoms with Gasteiger partial charge in [-0.2, -0.15) is 0 Å².